The number of aromatic nitrogens is 2. The number of nitrogens with zero attached hydrogens (tertiary/aromatic N) is 2. The highest BCUT2D eigenvalue weighted by molar-refractivity contribution is 5.68. The second kappa shape index (κ2) is 7.52. The summed E-state index contributed by atoms with van der Waals surface area (Å²) in [5.74, 6) is -0.826. The molecule has 4 nitrogen and oxygen atoms in total. The number of benzene rings is 3. The summed E-state index contributed by atoms with van der Waals surface area (Å²) in [6, 6.07) is 21.9. The van der Waals surface area contributed by atoms with Crippen LogP contribution in [-0.4, -0.2) is 15.3 Å². The third-order valence-corrected chi connectivity index (χ3v) is 4.42. The number of aromatic amines is 1. The zero-order valence-electron chi connectivity index (χ0n) is 14.8. The largest absolute Gasteiger partial charge is 0.505 e. The maximum Gasteiger partial charge on any atom is 0.164 e. The van der Waals surface area contributed by atoms with E-state index in [1.807, 2.05) is 41.3 Å². The lowest BCUT2D eigenvalue weighted by atomic mass is 10.1. The molecule has 0 radical (unpaired) electrons. The Bertz CT molecular complexity index is 1080. The lowest BCUT2D eigenvalue weighted by molar-refractivity contribution is 0.432. The fourth-order valence-electron chi connectivity index (χ4n) is 2.97. The Balaban J connectivity index is 1.72. The molecule has 3 aromatic carbocycles. The SMILES string of the molecule is Oc1cc(N(Cc2ccccc2)c2cc(-c3ccc(F)cc3)[nH]n2)ccc1F. The van der Waals surface area contributed by atoms with Crippen LogP contribution in [-0.2, 0) is 6.54 Å². The van der Waals surface area contributed by atoms with Gasteiger partial charge >= 0.3 is 0 Å². The van der Waals surface area contributed by atoms with Gasteiger partial charge in [0.1, 0.15) is 5.82 Å². The van der Waals surface area contributed by atoms with Gasteiger partial charge in [-0.2, -0.15) is 5.10 Å². The van der Waals surface area contributed by atoms with Crippen LogP contribution < -0.4 is 4.90 Å². The van der Waals surface area contributed by atoms with Gasteiger partial charge in [-0.25, -0.2) is 8.78 Å². The smallest absolute Gasteiger partial charge is 0.164 e. The molecule has 6 heteroatoms. The van der Waals surface area contributed by atoms with Crippen molar-refractivity contribution in [1.29, 1.82) is 0 Å². The third kappa shape index (κ3) is 3.71. The minimum Gasteiger partial charge on any atom is -0.505 e. The van der Waals surface area contributed by atoms with Gasteiger partial charge in [-0.05, 0) is 47.5 Å². The van der Waals surface area contributed by atoms with Gasteiger partial charge < -0.3 is 10.0 Å². The number of hydrogen-bond donors (Lipinski definition) is 2. The molecule has 0 saturated carbocycles. The number of H-pyrrole nitrogens is 1. The van der Waals surface area contributed by atoms with Crippen LogP contribution in [0, 0.1) is 11.6 Å². The van der Waals surface area contributed by atoms with Crippen LogP contribution in [0.4, 0.5) is 20.3 Å². The molecule has 2 N–H and O–H groups in total. The summed E-state index contributed by atoms with van der Waals surface area (Å²) in [5, 5.41) is 17.1. The predicted molar refractivity (Wildman–Crippen MR) is 104 cm³/mol. The molecule has 0 saturated heterocycles. The summed E-state index contributed by atoms with van der Waals surface area (Å²) in [7, 11) is 0. The fourth-order valence-corrected chi connectivity index (χ4v) is 2.97. The molecule has 1 heterocycles. The van der Waals surface area contributed by atoms with Gasteiger partial charge in [0.25, 0.3) is 0 Å². The van der Waals surface area contributed by atoms with Crippen LogP contribution in [0.15, 0.2) is 78.9 Å². The molecule has 0 aliphatic heterocycles. The van der Waals surface area contributed by atoms with Crippen molar-refractivity contribution in [2.45, 2.75) is 6.54 Å². The van der Waals surface area contributed by atoms with Crippen LogP contribution in [0.2, 0.25) is 0 Å². The molecule has 0 amide bonds. The van der Waals surface area contributed by atoms with Gasteiger partial charge in [-0.15, -0.1) is 0 Å². The first kappa shape index (κ1) is 17.7. The number of nitrogens with one attached hydrogen (secondary N) is 1. The minimum absolute atomic E-state index is 0.309. The standard InChI is InChI=1S/C22H17F2N3O/c23-17-8-6-16(7-9-17)20-13-22(26-25-20)27(14-15-4-2-1-3-5-15)18-10-11-19(24)21(28)12-18/h1-13,28H,14H2,(H,25,26). The van der Waals surface area contributed by atoms with E-state index in [-0.39, 0.29) is 5.82 Å². The van der Waals surface area contributed by atoms with Crippen molar-refractivity contribution in [3.63, 3.8) is 0 Å². The number of phenols is 1. The highest BCUT2D eigenvalue weighted by atomic mass is 19.1. The normalized spacial score (nSPS) is 10.8. The monoisotopic (exact) mass is 377 g/mol. The highest BCUT2D eigenvalue weighted by Crippen LogP contribution is 2.32. The Labute approximate surface area is 160 Å². The van der Waals surface area contributed by atoms with Crippen molar-refractivity contribution in [3.8, 4) is 17.0 Å². The summed E-state index contributed by atoms with van der Waals surface area (Å²) in [5.41, 5.74) is 3.14. The number of rotatable bonds is 5. The van der Waals surface area contributed by atoms with Gasteiger partial charge in [-0.3, -0.25) is 5.10 Å². The molecule has 4 rings (SSSR count). The van der Waals surface area contributed by atoms with Crippen LogP contribution in [0.1, 0.15) is 5.56 Å². The molecular formula is C22H17F2N3O. The van der Waals surface area contributed by atoms with E-state index in [1.165, 1.54) is 24.3 Å². The first-order chi connectivity index (χ1) is 13.6. The maximum absolute atomic E-state index is 13.5. The number of hydrogen-bond acceptors (Lipinski definition) is 3. The van der Waals surface area contributed by atoms with E-state index in [0.29, 0.717) is 18.1 Å². The summed E-state index contributed by atoms with van der Waals surface area (Å²) < 4.78 is 26.7. The topological polar surface area (TPSA) is 52.1 Å². The molecule has 1 aromatic heterocycles. The highest BCUT2D eigenvalue weighted by Gasteiger charge is 2.16. The van der Waals surface area contributed by atoms with E-state index < -0.39 is 11.6 Å². The van der Waals surface area contributed by atoms with E-state index in [1.54, 1.807) is 18.2 Å². The van der Waals surface area contributed by atoms with Crippen molar-refractivity contribution >= 4 is 11.5 Å². The van der Waals surface area contributed by atoms with Gasteiger partial charge in [0, 0.05) is 24.4 Å². The van der Waals surface area contributed by atoms with Gasteiger partial charge in [0.2, 0.25) is 0 Å². The molecule has 140 valence electrons. The zero-order valence-corrected chi connectivity index (χ0v) is 14.8. The number of halogens is 2. The minimum atomic E-state index is -0.683. The molecule has 0 spiro atoms. The van der Waals surface area contributed by atoms with Crippen LogP contribution in [0.25, 0.3) is 11.3 Å². The van der Waals surface area contributed by atoms with E-state index in [0.717, 1.165) is 16.8 Å². The first-order valence-corrected chi connectivity index (χ1v) is 8.71. The Kier molecular flexibility index (Phi) is 4.76. The molecule has 28 heavy (non-hydrogen) atoms. The number of phenolic OH excluding ortho intramolecular Hbond substituents is 1. The zero-order chi connectivity index (χ0) is 19.5. The molecule has 0 atom stereocenters. The van der Waals surface area contributed by atoms with Crippen molar-refractivity contribution < 1.29 is 13.9 Å². The molecule has 0 aliphatic carbocycles. The van der Waals surface area contributed by atoms with Crippen LogP contribution >= 0.6 is 0 Å². The Morgan fingerprint density at radius 1 is 0.893 bits per heavy atom. The average Bonchev–Trinajstić information content (AvgIpc) is 3.19. The summed E-state index contributed by atoms with van der Waals surface area (Å²) in [6.07, 6.45) is 0. The maximum atomic E-state index is 13.5. The molecule has 0 fully saturated rings. The van der Waals surface area contributed by atoms with Crippen molar-refractivity contribution in [2.24, 2.45) is 0 Å². The Hall–Kier alpha value is -3.67. The fraction of sp³-hybridized carbons (Fsp3) is 0.0455. The van der Waals surface area contributed by atoms with Gasteiger partial charge in [0.05, 0.1) is 5.69 Å². The molecular weight excluding hydrogens is 360 g/mol. The van der Waals surface area contributed by atoms with E-state index in [2.05, 4.69) is 10.2 Å². The molecule has 0 unspecified atom stereocenters. The lowest BCUT2D eigenvalue weighted by Gasteiger charge is -2.22. The van der Waals surface area contributed by atoms with E-state index >= 15 is 0 Å². The second-order valence-corrected chi connectivity index (χ2v) is 6.35. The van der Waals surface area contributed by atoms with Crippen LogP contribution in [0.5, 0.6) is 5.75 Å². The number of aromatic hydroxyl groups is 1. The van der Waals surface area contributed by atoms with Crippen molar-refractivity contribution in [1.82, 2.24) is 10.2 Å². The van der Waals surface area contributed by atoms with E-state index in [4.69, 9.17) is 0 Å². The Morgan fingerprint density at radius 3 is 2.36 bits per heavy atom. The molecule has 0 aliphatic rings. The third-order valence-electron chi connectivity index (χ3n) is 4.42. The van der Waals surface area contributed by atoms with Gasteiger partial charge in [0.15, 0.2) is 17.4 Å². The quantitative estimate of drug-likeness (QED) is 0.490. The predicted octanol–water partition coefficient (Wildman–Crippen LogP) is 5.40. The lowest BCUT2D eigenvalue weighted by Crippen LogP contribution is -2.16. The first-order valence-electron chi connectivity index (χ1n) is 8.71. The van der Waals surface area contributed by atoms with Crippen molar-refractivity contribution in [3.05, 3.63) is 96.1 Å². The summed E-state index contributed by atoms with van der Waals surface area (Å²) in [4.78, 5) is 1.86. The van der Waals surface area contributed by atoms with Crippen molar-refractivity contribution in [2.75, 3.05) is 4.90 Å². The summed E-state index contributed by atoms with van der Waals surface area (Å²) in [6.45, 7) is 0.472. The summed E-state index contributed by atoms with van der Waals surface area (Å²) >= 11 is 0. The second-order valence-electron chi connectivity index (χ2n) is 6.35. The molecule has 4 aromatic rings. The number of anilines is 2. The average molecular weight is 377 g/mol. The Morgan fingerprint density at radius 2 is 1.64 bits per heavy atom. The van der Waals surface area contributed by atoms with Crippen LogP contribution in [0.3, 0.4) is 0 Å². The molecule has 0 bridgehead atoms. The van der Waals surface area contributed by atoms with Gasteiger partial charge in [-0.1, -0.05) is 30.3 Å². The van der Waals surface area contributed by atoms with E-state index in [9.17, 15) is 13.9 Å².